The quantitative estimate of drug-likeness (QED) is 0.682. The molecule has 3 heterocycles. The number of fused-ring (bicyclic) bond motifs is 3. The third kappa shape index (κ3) is 2.02. The summed E-state index contributed by atoms with van der Waals surface area (Å²) in [5.41, 5.74) is 13.9. The van der Waals surface area contributed by atoms with Crippen LogP contribution in [0.4, 0.5) is 0 Å². The lowest BCUT2D eigenvalue weighted by molar-refractivity contribution is 0.153. The van der Waals surface area contributed by atoms with Crippen LogP contribution in [0.2, 0.25) is 0 Å². The number of hydrazine groups is 2. The highest BCUT2D eigenvalue weighted by atomic mass is 32.1. The van der Waals surface area contributed by atoms with E-state index in [1.807, 2.05) is 6.20 Å². The first-order chi connectivity index (χ1) is 10.1. The van der Waals surface area contributed by atoms with Crippen LogP contribution in [0.3, 0.4) is 0 Å². The molecule has 2 saturated heterocycles. The van der Waals surface area contributed by atoms with Gasteiger partial charge in [-0.2, -0.15) is 0 Å². The second-order valence-corrected chi connectivity index (χ2v) is 6.35. The fourth-order valence-corrected chi connectivity index (χ4v) is 3.53. The minimum atomic E-state index is 0.187. The molecule has 3 aliphatic heterocycles. The van der Waals surface area contributed by atoms with Gasteiger partial charge in [0.15, 0.2) is 5.11 Å². The zero-order valence-corrected chi connectivity index (χ0v) is 12.9. The maximum Gasteiger partial charge on any atom is 0.189 e. The molecule has 0 bridgehead atoms. The molecule has 2 fully saturated rings. The Bertz CT molecular complexity index is 628. The highest BCUT2D eigenvalue weighted by Crippen LogP contribution is 2.33. The maximum absolute atomic E-state index is 5.29. The SMILES string of the molecule is Cc1ccc(C2CC3C4NNC(=S)N4C=CN3N2)cc1C. The van der Waals surface area contributed by atoms with Crippen LogP contribution in [0.25, 0.3) is 0 Å². The highest BCUT2D eigenvalue weighted by Gasteiger charge is 2.44. The zero-order valence-electron chi connectivity index (χ0n) is 12.1. The molecule has 3 atom stereocenters. The van der Waals surface area contributed by atoms with Gasteiger partial charge in [-0.1, -0.05) is 18.2 Å². The van der Waals surface area contributed by atoms with E-state index in [0.717, 1.165) is 11.5 Å². The minimum Gasteiger partial charge on any atom is -0.307 e. The second-order valence-electron chi connectivity index (χ2n) is 5.96. The van der Waals surface area contributed by atoms with Crippen LogP contribution in [-0.4, -0.2) is 27.2 Å². The van der Waals surface area contributed by atoms with Gasteiger partial charge in [-0.15, -0.1) is 0 Å². The lowest BCUT2D eigenvalue weighted by Gasteiger charge is -2.35. The number of rotatable bonds is 1. The van der Waals surface area contributed by atoms with Crippen molar-refractivity contribution < 1.29 is 0 Å². The fourth-order valence-electron chi connectivity index (χ4n) is 3.29. The predicted molar refractivity (Wildman–Crippen MR) is 85.7 cm³/mol. The summed E-state index contributed by atoms with van der Waals surface area (Å²) in [6, 6.07) is 7.42. The Morgan fingerprint density at radius 1 is 1.19 bits per heavy atom. The van der Waals surface area contributed by atoms with Gasteiger partial charge >= 0.3 is 0 Å². The average Bonchev–Trinajstić information content (AvgIpc) is 3.05. The molecule has 4 rings (SSSR count). The molecule has 5 nitrogen and oxygen atoms in total. The molecule has 0 aromatic heterocycles. The first-order valence-electron chi connectivity index (χ1n) is 7.27. The van der Waals surface area contributed by atoms with Crippen molar-refractivity contribution in [1.29, 1.82) is 0 Å². The van der Waals surface area contributed by atoms with E-state index in [1.165, 1.54) is 16.7 Å². The Hall–Kier alpha value is -1.63. The number of aryl methyl sites for hydroxylation is 2. The fraction of sp³-hybridized carbons (Fsp3) is 0.400. The Morgan fingerprint density at radius 3 is 2.86 bits per heavy atom. The maximum atomic E-state index is 5.29. The molecule has 3 aliphatic rings. The van der Waals surface area contributed by atoms with Gasteiger partial charge in [0.05, 0.1) is 12.1 Å². The summed E-state index contributed by atoms with van der Waals surface area (Å²) >= 11 is 5.29. The van der Waals surface area contributed by atoms with Gasteiger partial charge in [0.25, 0.3) is 0 Å². The molecular weight excluding hydrogens is 282 g/mol. The summed E-state index contributed by atoms with van der Waals surface area (Å²) in [5.74, 6) is 0. The largest absolute Gasteiger partial charge is 0.307 e. The van der Waals surface area contributed by atoms with Crippen molar-refractivity contribution in [2.24, 2.45) is 0 Å². The van der Waals surface area contributed by atoms with Gasteiger partial charge in [0, 0.05) is 12.4 Å². The minimum absolute atomic E-state index is 0.187. The number of nitrogens with zero attached hydrogens (tertiary/aromatic N) is 2. The molecule has 3 unspecified atom stereocenters. The smallest absolute Gasteiger partial charge is 0.189 e. The average molecular weight is 301 g/mol. The zero-order chi connectivity index (χ0) is 14.6. The number of hydrogen-bond donors (Lipinski definition) is 3. The van der Waals surface area contributed by atoms with Crippen LogP contribution < -0.4 is 16.3 Å². The van der Waals surface area contributed by atoms with E-state index in [9.17, 15) is 0 Å². The van der Waals surface area contributed by atoms with Gasteiger partial charge in [-0.25, -0.2) is 10.9 Å². The van der Waals surface area contributed by atoms with Crippen molar-refractivity contribution in [3.8, 4) is 0 Å². The first kappa shape index (κ1) is 13.1. The molecule has 0 spiro atoms. The summed E-state index contributed by atoms with van der Waals surface area (Å²) < 4.78 is 0. The molecule has 3 N–H and O–H groups in total. The first-order valence-corrected chi connectivity index (χ1v) is 7.68. The summed E-state index contributed by atoms with van der Waals surface area (Å²) in [6.45, 7) is 4.32. The van der Waals surface area contributed by atoms with Gasteiger partial charge in [0.1, 0.15) is 6.17 Å². The molecule has 0 aliphatic carbocycles. The van der Waals surface area contributed by atoms with E-state index >= 15 is 0 Å². The Balaban J connectivity index is 1.59. The van der Waals surface area contributed by atoms with E-state index in [1.54, 1.807) is 0 Å². The van der Waals surface area contributed by atoms with Gasteiger partial charge in [0.2, 0.25) is 0 Å². The molecule has 1 aromatic carbocycles. The van der Waals surface area contributed by atoms with Crippen LogP contribution in [0.5, 0.6) is 0 Å². The summed E-state index contributed by atoms with van der Waals surface area (Å²) in [7, 11) is 0. The van der Waals surface area contributed by atoms with Crippen molar-refractivity contribution in [3.63, 3.8) is 0 Å². The van der Waals surface area contributed by atoms with Gasteiger partial charge < -0.3 is 9.91 Å². The van der Waals surface area contributed by atoms with E-state index in [2.05, 4.69) is 64.4 Å². The molecule has 0 saturated carbocycles. The normalized spacial score (nSPS) is 30.4. The standard InChI is InChI=1S/C15H19N5S/c1-9-3-4-11(7-10(9)2)12-8-13-14-16-17-15(21)19(14)5-6-20(13)18-12/h3-7,12-14,16,18H,8H2,1-2H3,(H,17,21). The molecule has 110 valence electrons. The van der Waals surface area contributed by atoms with Crippen LogP contribution >= 0.6 is 12.2 Å². The van der Waals surface area contributed by atoms with Crippen LogP contribution in [0, 0.1) is 13.8 Å². The number of nitrogens with one attached hydrogen (secondary N) is 3. The monoisotopic (exact) mass is 301 g/mol. The Kier molecular flexibility index (Phi) is 2.92. The number of thiocarbonyl (C=S) groups is 1. The number of hydrogen-bond acceptors (Lipinski definition) is 4. The number of benzene rings is 1. The molecular formula is C15H19N5S. The van der Waals surface area contributed by atoms with Crippen LogP contribution in [-0.2, 0) is 0 Å². The van der Waals surface area contributed by atoms with Crippen molar-refractivity contribution >= 4 is 17.3 Å². The Morgan fingerprint density at radius 2 is 2.05 bits per heavy atom. The summed E-state index contributed by atoms with van der Waals surface area (Å²) in [6.07, 6.45) is 5.33. The van der Waals surface area contributed by atoms with E-state index < -0.39 is 0 Å². The van der Waals surface area contributed by atoms with E-state index in [0.29, 0.717) is 12.1 Å². The van der Waals surface area contributed by atoms with Crippen molar-refractivity contribution in [2.75, 3.05) is 0 Å². The molecule has 21 heavy (non-hydrogen) atoms. The Labute approximate surface area is 129 Å². The van der Waals surface area contributed by atoms with Crippen molar-refractivity contribution in [3.05, 3.63) is 47.3 Å². The molecule has 0 amide bonds. The second kappa shape index (κ2) is 4.69. The van der Waals surface area contributed by atoms with Crippen LogP contribution in [0.15, 0.2) is 30.6 Å². The lowest BCUT2D eigenvalue weighted by atomic mass is 9.97. The highest BCUT2D eigenvalue weighted by molar-refractivity contribution is 7.80. The lowest BCUT2D eigenvalue weighted by Crippen LogP contribution is -2.53. The van der Waals surface area contributed by atoms with Gasteiger partial charge in [-0.3, -0.25) is 5.43 Å². The van der Waals surface area contributed by atoms with E-state index in [4.69, 9.17) is 12.2 Å². The van der Waals surface area contributed by atoms with Gasteiger partial charge in [-0.05, 0) is 49.2 Å². The molecule has 0 radical (unpaired) electrons. The molecule has 1 aromatic rings. The molecule has 6 heteroatoms. The van der Waals surface area contributed by atoms with Crippen LogP contribution in [0.1, 0.15) is 29.2 Å². The van der Waals surface area contributed by atoms with Crippen molar-refractivity contribution in [2.45, 2.75) is 38.5 Å². The summed E-state index contributed by atoms with van der Waals surface area (Å²) in [5, 5.41) is 2.94. The van der Waals surface area contributed by atoms with E-state index in [-0.39, 0.29) is 6.17 Å². The third-order valence-electron chi connectivity index (χ3n) is 4.69. The topological polar surface area (TPSA) is 42.6 Å². The van der Waals surface area contributed by atoms with Crippen molar-refractivity contribution in [1.82, 2.24) is 26.2 Å². The summed E-state index contributed by atoms with van der Waals surface area (Å²) in [4.78, 5) is 2.08. The third-order valence-corrected chi connectivity index (χ3v) is 5.00. The predicted octanol–water partition coefficient (Wildman–Crippen LogP) is 1.43.